The minimum atomic E-state index is -0.799. The molecule has 7 heteroatoms. The zero-order valence-corrected chi connectivity index (χ0v) is 12.9. The number of anilines is 1. The van der Waals surface area contributed by atoms with Crippen molar-refractivity contribution >= 4 is 45.2 Å². The van der Waals surface area contributed by atoms with Crippen LogP contribution in [0, 0.1) is 5.92 Å². The second-order valence-corrected chi connectivity index (χ2v) is 5.95. The number of nitrogens with one attached hydrogen (secondary N) is 2. The molecule has 0 radical (unpaired) electrons. The number of aliphatic carboxylic acids is 1. The number of benzene rings is 1. The predicted molar refractivity (Wildman–Crippen MR) is 80.1 cm³/mol. The second-order valence-electron chi connectivity index (χ2n) is 4.74. The number of carboxylic acid groups (broad SMARTS) is 1. The van der Waals surface area contributed by atoms with Crippen LogP contribution in [0.5, 0.6) is 0 Å². The van der Waals surface area contributed by atoms with Crippen molar-refractivity contribution in [1.82, 2.24) is 5.32 Å². The molecule has 0 unspecified atom stereocenters. The first-order valence-electron chi connectivity index (χ1n) is 6.21. The highest BCUT2D eigenvalue weighted by molar-refractivity contribution is 9.10. The van der Waals surface area contributed by atoms with Gasteiger partial charge in [-0.05, 0) is 47.3 Å². The van der Waals surface area contributed by atoms with E-state index >= 15 is 0 Å². The molecule has 1 aliphatic carbocycles. The van der Waals surface area contributed by atoms with E-state index in [2.05, 4.69) is 26.6 Å². The lowest BCUT2D eigenvalue weighted by molar-refractivity contribution is -0.141. The van der Waals surface area contributed by atoms with Gasteiger partial charge < -0.3 is 15.7 Å². The summed E-state index contributed by atoms with van der Waals surface area (Å²) in [6.07, 6.45) is 1.75. The maximum Gasteiger partial charge on any atom is 0.319 e. The van der Waals surface area contributed by atoms with Crippen LogP contribution in [0.2, 0.25) is 5.02 Å². The molecule has 0 aromatic heterocycles. The van der Waals surface area contributed by atoms with E-state index in [0.29, 0.717) is 34.4 Å². The maximum absolute atomic E-state index is 11.9. The first kappa shape index (κ1) is 15.1. The van der Waals surface area contributed by atoms with Crippen LogP contribution < -0.4 is 10.6 Å². The van der Waals surface area contributed by atoms with Crippen molar-refractivity contribution in [1.29, 1.82) is 0 Å². The van der Waals surface area contributed by atoms with Crippen molar-refractivity contribution in [2.24, 2.45) is 5.92 Å². The molecule has 2 rings (SSSR count). The summed E-state index contributed by atoms with van der Waals surface area (Å²) in [7, 11) is 0. The highest BCUT2D eigenvalue weighted by atomic mass is 79.9. The Labute approximate surface area is 129 Å². The summed E-state index contributed by atoms with van der Waals surface area (Å²) in [6, 6.07) is 4.71. The van der Waals surface area contributed by atoms with Crippen LogP contribution >= 0.6 is 27.5 Å². The van der Waals surface area contributed by atoms with Crippen LogP contribution in [-0.4, -0.2) is 23.1 Å². The number of carbonyl (C=O) groups is 2. The Bertz CT molecular complexity index is 538. The number of hydrogen-bond acceptors (Lipinski definition) is 2. The quantitative estimate of drug-likeness (QED) is 0.771. The molecule has 1 aliphatic rings. The van der Waals surface area contributed by atoms with Gasteiger partial charge in [-0.1, -0.05) is 17.7 Å². The maximum atomic E-state index is 11.9. The number of urea groups is 1. The molecule has 20 heavy (non-hydrogen) atoms. The van der Waals surface area contributed by atoms with Crippen molar-refractivity contribution in [2.75, 3.05) is 5.32 Å². The van der Waals surface area contributed by atoms with Gasteiger partial charge in [0, 0.05) is 6.04 Å². The Morgan fingerprint density at radius 1 is 1.35 bits per heavy atom. The molecule has 3 N–H and O–H groups in total. The third-order valence-corrected chi connectivity index (χ3v) is 4.71. The van der Waals surface area contributed by atoms with E-state index in [1.54, 1.807) is 18.2 Å². The fourth-order valence-corrected chi connectivity index (χ4v) is 2.82. The van der Waals surface area contributed by atoms with Gasteiger partial charge in [0.05, 0.1) is 21.1 Å². The van der Waals surface area contributed by atoms with Crippen molar-refractivity contribution in [2.45, 2.75) is 25.3 Å². The lowest BCUT2D eigenvalue weighted by Crippen LogP contribution is -2.36. The Morgan fingerprint density at radius 3 is 2.75 bits per heavy atom. The third-order valence-electron chi connectivity index (χ3n) is 3.32. The summed E-state index contributed by atoms with van der Waals surface area (Å²) >= 11 is 9.24. The number of halogens is 2. The zero-order valence-electron chi connectivity index (χ0n) is 10.5. The van der Waals surface area contributed by atoms with Gasteiger partial charge in [0.15, 0.2) is 0 Å². The highest BCUT2D eigenvalue weighted by Crippen LogP contribution is 2.30. The average molecular weight is 362 g/mol. The Morgan fingerprint density at radius 2 is 2.10 bits per heavy atom. The summed E-state index contributed by atoms with van der Waals surface area (Å²) in [5.41, 5.74) is 0.572. The van der Waals surface area contributed by atoms with E-state index in [-0.39, 0.29) is 18.0 Å². The van der Waals surface area contributed by atoms with Gasteiger partial charge in [0.1, 0.15) is 0 Å². The van der Waals surface area contributed by atoms with Gasteiger partial charge in [0.2, 0.25) is 0 Å². The minimum Gasteiger partial charge on any atom is -0.481 e. The summed E-state index contributed by atoms with van der Waals surface area (Å²) < 4.78 is 0.617. The molecule has 1 saturated carbocycles. The molecule has 0 saturated heterocycles. The molecule has 0 bridgehead atoms. The van der Waals surface area contributed by atoms with Gasteiger partial charge in [-0.25, -0.2) is 4.79 Å². The second kappa shape index (κ2) is 6.45. The molecule has 5 nitrogen and oxygen atoms in total. The molecule has 0 heterocycles. The largest absolute Gasteiger partial charge is 0.481 e. The molecule has 108 valence electrons. The van der Waals surface area contributed by atoms with E-state index in [1.807, 2.05) is 0 Å². The normalized spacial score (nSPS) is 21.5. The monoisotopic (exact) mass is 360 g/mol. The number of amides is 2. The van der Waals surface area contributed by atoms with Gasteiger partial charge in [-0.2, -0.15) is 0 Å². The number of carbonyl (C=O) groups excluding carboxylic acids is 1. The average Bonchev–Trinajstić information content (AvgIpc) is 2.83. The van der Waals surface area contributed by atoms with Gasteiger partial charge in [0.25, 0.3) is 0 Å². The van der Waals surface area contributed by atoms with E-state index in [4.69, 9.17) is 16.7 Å². The molecule has 0 spiro atoms. The van der Waals surface area contributed by atoms with E-state index in [9.17, 15) is 9.59 Å². The van der Waals surface area contributed by atoms with Crippen LogP contribution in [0.3, 0.4) is 0 Å². The molecule has 1 aromatic carbocycles. The number of hydrogen-bond donors (Lipinski definition) is 3. The van der Waals surface area contributed by atoms with Crippen LogP contribution in [0.15, 0.2) is 22.7 Å². The predicted octanol–water partition coefficient (Wildman–Crippen LogP) is 3.48. The molecule has 1 aromatic rings. The van der Waals surface area contributed by atoms with Crippen LogP contribution in [-0.2, 0) is 4.79 Å². The van der Waals surface area contributed by atoms with Gasteiger partial charge >= 0.3 is 12.0 Å². The van der Waals surface area contributed by atoms with E-state index < -0.39 is 5.97 Å². The summed E-state index contributed by atoms with van der Waals surface area (Å²) in [4.78, 5) is 22.7. The highest BCUT2D eigenvalue weighted by Gasteiger charge is 2.30. The summed E-state index contributed by atoms with van der Waals surface area (Å²) in [5.74, 6) is -1.16. The standard InChI is InChI=1S/C13H14BrClN2O3/c14-11-9(15)2-1-3-10(11)17-13(20)16-8-5-4-7(6-8)12(18)19/h1-3,7-8H,4-6H2,(H,18,19)(H2,16,17,20)/t7-,8+/m1/s1. The Kier molecular flexibility index (Phi) is 4.88. The van der Waals surface area contributed by atoms with E-state index in [1.165, 1.54) is 0 Å². The molecule has 0 aliphatic heterocycles. The zero-order chi connectivity index (χ0) is 14.7. The lowest BCUT2D eigenvalue weighted by Gasteiger charge is -2.14. The van der Waals surface area contributed by atoms with Gasteiger partial charge in [-0.3, -0.25) is 4.79 Å². The van der Waals surface area contributed by atoms with Crippen LogP contribution in [0.1, 0.15) is 19.3 Å². The number of rotatable bonds is 3. The topological polar surface area (TPSA) is 78.4 Å². The van der Waals surface area contributed by atoms with Gasteiger partial charge in [-0.15, -0.1) is 0 Å². The molecule has 2 amide bonds. The molecule has 1 fully saturated rings. The van der Waals surface area contributed by atoms with Crippen molar-refractivity contribution < 1.29 is 14.7 Å². The SMILES string of the molecule is O=C(Nc1cccc(Cl)c1Br)N[C@H]1CC[C@@H](C(=O)O)C1. The molecular weight excluding hydrogens is 348 g/mol. The first-order chi connectivity index (χ1) is 9.47. The summed E-state index contributed by atoms with van der Waals surface area (Å²) in [5, 5.41) is 14.9. The number of carboxylic acids is 1. The lowest BCUT2D eigenvalue weighted by atomic mass is 10.1. The van der Waals surface area contributed by atoms with E-state index in [0.717, 1.165) is 0 Å². The first-order valence-corrected chi connectivity index (χ1v) is 7.39. The third kappa shape index (κ3) is 3.64. The van der Waals surface area contributed by atoms with Crippen molar-refractivity contribution in [3.8, 4) is 0 Å². The van der Waals surface area contributed by atoms with Crippen molar-refractivity contribution in [3.63, 3.8) is 0 Å². The van der Waals surface area contributed by atoms with Crippen LogP contribution in [0.25, 0.3) is 0 Å². The fraction of sp³-hybridized carbons (Fsp3) is 0.385. The van der Waals surface area contributed by atoms with Crippen molar-refractivity contribution in [3.05, 3.63) is 27.7 Å². The smallest absolute Gasteiger partial charge is 0.319 e. The fourth-order valence-electron chi connectivity index (χ4n) is 2.28. The Balaban J connectivity index is 1.90. The Hall–Kier alpha value is -1.27. The van der Waals surface area contributed by atoms with Crippen LogP contribution in [0.4, 0.5) is 10.5 Å². The molecular formula is C13H14BrClN2O3. The molecule has 2 atom stereocenters. The summed E-state index contributed by atoms with van der Waals surface area (Å²) in [6.45, 7) is 0. The minimum absolute atomic E-state index is 0.103.